The van der Waals surface area contributed by atoms with Crippen molar-refractivity contribution in [3.63, 3.8) is 0 Å². The Bertz CT molecular complexity index is 1130. The Morgan fingerprint density at radius 2 is 1.71 bits per heavy atom. The fraction of sp³-hybridized carbons (Fsp3) is 0.278. The zero-order valence-corrected chi connectivity index (χ0v) is 16.6. The Balaban J connectivity index is 1.82. The molecule has 0 amide bonds. The highest BCUT2D eigenvalue weighted by atomic mass is 32.2. The maximum atomic E-state index is 12.9. The number of carboxylic acids is 1. The summed E-state index contributed by atoms with van der Waals surface area (Å²) in [5, 5.41) is 20.3. The normalized spacial score (nSPS) is 15.6. The van der Waals surface area contributed by atoms with Gasteiger partial charge in [-0.15, -0.1) is 0 Å². The number of nitro benzene ring substituents is 1. The molecule has 166 valence electrons. The van der Waals surface area contributed by atoms with Gasteiger partial charge in [-0.05, 0) is 30.3 Å². The smallest absolute Gasteiger partial charge is 0.416 e. The van der Waals surface area contributed by atoms with Crippen LogP contribution in [0.4, 0.5) is 24.5 Å². The van der Waals surface area contributed by atoms with Crippen molar-refractivity contribution in [2.24, 2.45) is 0 Å². The second-order valence-electron chi connectivity index (χ2n) is 6.68. The van der Waals surface area contributed by atoms with Crippen LogP contribution in [0.3, 0.4) is 0 Å². The third-order valence-corrected chi connectivity index (χ3v) is 6.69. The maximum Gasteiger partial charge on any atom is 0.416 e. The molecule has 1 N–H and O–H groups in total. The van der Waals surface area contributed by atoms with Crippen LogP contribution < -0.4 is 4.90 Å². The van der Waals surface area contributed by atoms with Gasteiger partial charge < -0.3 is 10.0 Å². The van der Waals surface area contributed by atoms with Gasteiger partial charge in [-0.3, -0.25) is 10.1 Å². The standard InChI is InChI=1S/C18H16F3N3O6S/c19-18(20,21)13-4-5-15(16(11-13)24(27)28)22-6-8-23(9-7-22)31(29,30)14-3-1-2-12(10-14)17(25)26/h1-5,10-11H,6-9H2,(H,25,26). The Labute approximate surface area is 174 Å². The van der Waals surface area contributed by atoms with Crippen LogP contribution in [0, 0.1) is 10.1 Å². The minimum atomic E-state index is -4.74. The van der Waals surface area contributed by atoms with E-state index in [1.165, 1.54) is 23.1 Å². The molecule has 1 heterocycles. The largest absolute Gasteiger partial charge is 0.478 e. The van der Waals surface area contributed by atoms with Crippen LogP contribution in [0.1, 0.15) is 15.9 Å². The lowest BCUT2D eigenvalue weighted by atomic mass is 10.1. The first-order valence-electron chi connectivity index (χ1n) is 8.85. The van der Waals surface area contributed by atoms with Gasteiger partial charge in [0.25, 0.3) is 5.69 Å². The van der Waals surface area contributed by atoms with Crippen LogP contribution in [0.5, 0.6) is 0 Å². The molecule has 0 saturated carbocycles. The van der Waals surface area contributed by atoms with Crippen LogP contribution in [-0.4, -0.2) is 54.9 Å². The van der Waals surface area contributed by atoms with Gasteiger partial charge >= 0.3 is 12.1 Å². The topological polar surface area (TPSA) is 121 Å². The first-order chi connectivity index (χ1) is 14.4. The second-order valence-corrected chi connectivity index (χ2v) is 8.62. The molecule has 1 aliphatic rings. The maximum absolute atomic E-state index is 12.9. The van der Waals surface area contributed by atoms with Crippen molar-refractivity contribution in [3.8, 4) is 0 Å². The second kappa shape index (κ2) is 8.15. The molecule has 9 nitrogen and oxygen atoms in total. The van der Waals surface area contributed by atoms with E-state index in [-0.39, 0.29) is 42.3 Å². The predicted molar refractivity (Wildman–Crippen MR) is 102 cm³/mol. The van der Waals surface area contributed by atoms with Crippen molar-refractivity contribution in [1.29, 1.82) is 0 Å². The number of benzene rings is 2. The number of halogens is 3. The highest BCUT2D eigenvalue weighted by Gasteiger charge is 2.35. The van der Waals surface area contributed by atoms with Crippen LogP contribution >= 0.6 is 0 Å². The monoisotopic (exact) mass is 459 g/mol. The molecular formula is C18H16F3N3O6S. The first kappa shape index (κ1) is 22.5. The minimum Gasteiger partial charge on any atom is -0.478 e. The molecule has 3 rings (SSSR count). The Kier molecular flexibility index (Phi) is 5.91. The molecule has 1 aliphatic heterocycles. The number of rotatable bonds is 5. The molecule has 1 saturated heterocycles. The molecule has 0 aromatic heterocycles. The van der Waals surface area contributed by atoms with E-state index in [1.54, 1.807) is 0 Å². The van der Waals surface area contributed by atoms with Crippen LogP contribution in [0.25, 0.3) is 0 Å². The van der Waals surface area contributed by atoms with Gasteiger partial charge in [0.2, 0.25) is 10.0 Å². The van der Waals surface area contributed by atoms with E-state index < -0.39 is 38.3 Å². The van der Waals surface area contributed by atoms with E-state index in [2.05, 4.69) is 0 Å². The molecule has 2 aromatic carbocycles. The van der Waals surface area contributed by atoms with Gasteiger partial charge in [-0.1, -0.05) is 6.07 Å². The number of hydrogen-bond acceptors (Lipinski definition) is 6. The summed E-state index contributed by atoms with van der Waals surface area (Å²) in [6.45, 7) is -0.163. The Morgan fingerprint density at radius 3 is 2.26 bits per heavy atom. The highest BCUT2D eigenvalue weighted by molar-refractivity contribution is 7.89. The van der Waals surface area contributed by atoms with Crippen LogP contribution in [-0.2, 0) is 16.2 Å². The summed E-state index contributed by atoms with van der Waals surface area (Å²) in [4.78, 5) is 22.7. The number of carbonyl (C=O) groups is 1. The molecule has 2 aromatic rings. The summed E-state index contributed by atoms with van der Waals surface area (Å²) in [5.41, 5.74) is -2.11. The number of aromatic carboxylic acids is 1. The average molecular weight is 459 g/mol. The number of sulfonamides is 1. The van der Waals surface area contributed by atoms with Gasteiger partial charge in [0.05, 0.1) is 20.9 Å². The third-order valence-electron chi connectivity index (χ3n) is 4.80. The molecule has 0 bridgehead atoms. The fourth-order valence-electron chi connectivity index (χ4n) is 3.22. The van der Waals surface area contributed by atoms with Crippen molar-refractivity contribution in [1.82, 2.24) is 4.31 Å². The Hall–Kier alpha value is -3.19. The number of carboxylic acid groups (broad SMARTS) is 1. The summed E-state index contributed by atoms with van der Waals surface area (Å²) in [7, 11) is -4.02. The van der Waals surface area contributed by atoms with Crippen LogP contribution in [0.2, 0.25) is 0 Å². The average Bonchev–Trinajstić information content (AvgIpc) is 2.72. The van der Waals surface area contributed by atoms with Crippen molar-refractivity contribution < 1.29 is 36.4 Å². The molecule has 0 radical (unpaired) electrons. The predicted octanol–water partition coefficient (Wildman–Crippen LogP) is 2.82. The van der Waals surface area contributed by atoms with E-state index in [1.807, 2.05) is 0 Å². The number of piperazine rings is 1. The van der Waals surface area contributed by atoms with Crippen molar-refractivity contribution in [3.05, 3.63) is 63.7 Å². The number of hydrogen-bond donors (Lipinski definition) is 1. The van der Waals surface area contributed by atoms with Crippen LogP contribution in [0.15, 0.2) is 47.4 Å². The molecule has 13 heteroatoms. The molecule has 0 aliphatic carbocycles. The zero-order chi connectivity index (χ0) is 23.0. The molecule has 31 heavy (non-hydrogen) atoms. The summed E-state index contributed by atoms with van der Waals surface area (Å²) >= 11 is 0. The van der Waals surface area contributed by atoms with E-state index in [0.717, 1.165) is 22.5 Å². The molecule has 0 spiro atoms. The SMILES string of the molecule is O=C(O)c1cccc(S(=O)(=O)N2CCN(c3ccc(C(F)(F)F)cc3[N+](=O)[O-])CC2)c1. The molecule has 0 unspecified atom stereocenters. The van der Waals surface area contributed by atoms with E-state index in [0.29, 0.717) is 6.07 Å². The summed E-state index contributed by atoms with van der Waals surface area (Å²) in [6, 6.07) is 7.04. The highest BCUT2D eigenvalue weighted by Crippen LogP contribution is 2.37. The van der Waals surface area contributed by atoms with Gasteiger partial charge in [0, 0.05) is 32.2 Å². The molecule has 1 fully saturated rings. The minimum absolute atomic E-state index is 0.00402. The lowest BCUT2D eigenvalue weighted by Gasteiger charge is -2.35. The number of alkyl halides is 3. The molecule has 0 atom stereocenters. The van der Waals surface area contributed by atoms with Gasteiger partial charge in [0.15, 0.2) is 0 Å². The molecular weight excluding hydrogens is 443 g/mol. The van der Waals surface area contributed by atoms with Crippen molar-refractivity contribution in [2.45, 2.75) is 11.1 Å². The van der Waals surface area contributed by atoms with Gasteiger partial charge in [-0.2, -0.15) is 17.5 Å². The quantitative estimate of drug-likeness (QED) is 0.539. The fourth-order valence-corrected chi connectivity index (χ4v) is 4.69. The Morgan fingerprint density at radius 1 is 1.06 bits per heavy atom. The summed E-state index contributed by atoms with van der Waals surface area (Å²) in [6.07, 6.45) is -4.74. The van der Waals surface area contributed by atoms with Gasteiger partial charge in [0.1, 0.15) is 5.69 Å². The van der Waals surface area contributed by atoms with E-state index in [4.69, 9.17) is 5.11 Å². The van der Waals surface area contributed by atoms with E-state index >= 15 is 0 Å². The number of nitro groups is 1. The third kappa shape index (κ3) is 4.61. The van der Waals surface area contributed by atoms with E-state index in [9.17, 15) is 36.5 Å². The number of anilines is 1. The van der Waals surface area contributed by atoms with Crippen molar-refractivity contribution in [2.75, 3.05) is 31.1 Å². The lowest BCUT2D eigenvalue weighted by molar-refractivity contribution is -0.384. The number of nitrogens with zero attached hydrogens (tertiary/aromatic N) is 3. The summed E-state index contributed by atoms with van der Waals surface area (Å²) < 4.78 is 65.4. The van der Waals surface area contributed by atoms with Gasteiger partial charge in [-0.25, -0.2) is 13.2 Å². The lowest BCUT2D eigenvalue weighted by Crippen LogP contribution is -2.48. The van der Waals surface area contributed by atoms with Crippen molar-refractivity contribution >= 4 is 27.4 Å². The summed E-state index contributed by atoms with van der Waals surface area (Å²) in [5.74, 6) is -1.28. The zero-order valence-electron chi connectivity index (χ0n) is 15.7. The first-order valence-corrected chi connectivity index (χ1v) is 10.3.